The highest BCUT2D eigenvalue weighted by molar-refractivity contribution is 5.92. The average molecular weight is 331 g/mol. The van der Waals surface area contributed by atoms with E-state index in [2.05, 4.69) is 16.0 Å². The predicted octanol–water partition coefficient (Wildman–Crippen LogP) is -0.688. The molecule has 0 saturated carbocycles. The topological polar surface area (TPSA) is 145 Å². The molecule has 0 spiro atoms. The number of amides is 2. The van der Waals surface area contributed by atoms with Gasteiger partial charge in [-0.2, -0.15) is 0 Å². The van der Waals surface area contributed by atoms with Gasteiger partial charge >= 0.3 is 11.9 Å². The van der Waals surface area contributed by atoms with E-state index >= 15 is 0 Å². The van der Waals surface area contributed by atoms with E-state index in [1.54, 1.807) is 6.92 Å². The monoisotopic (exact) mass is 331 g/mol. The van der Waals surface area contributed by atoms with Gasteiger partial charge in [-0.05, 0) is 34.6 Å². The number of carbonyl (C=O) groups is 4. The number of rotatable bonds is 8. The van der Waals surface area contributed by atoms with Crippen molar-refractivity contribution in [1.82, 2.24) is 16.0 Å². The van der Waals surface area contributed by atoms with E-state index in [4.69, 9.17) is 10.2 Å². The molecule has 0 fully saturated rings. The van der Waals surface area contributed by atoms with E-state index in [9.17, 15) is 19.2 Å². The van der Waals surface area contributed by atoms with Gasteiger partial charge in [-0.3, -0.25) is 14.4 Å². The molecule has 5 N–H and O–H groups in total. The highest BCUT2D eigenvalue weighted by Gasteiger charge is 2.27. The minimum atomic E-state index is -1.55. The van der Waals surface area contributed by atoms with Crippen LogP contribution in [-0.2, 0) is 19.2 Å². The standard InChI is InChI=1S/C14H25N3O6/c1-7(15-12(21)8(2)17-14(3,4)5)11(20)16-9(13(22)23)6-10(18)19/h7-9,17H,6H2,1-5H3,(H,15,21)(H,16,20)(H,18,19)(H,22,23)/t7-,8-,9-/m0/s1. The molecule has 0 rings (SSSR count). The summed E-state index contributed by atoms with van der Waals surface area (Å²) in [5.41, 5.74) is -0.294. The number of hydrogen-bond donors (Lipinski definition) is 5. The molecular formula is C14H25N3O6. The van der Waals surface area contributed by atoms with Crippen molar-refractivity contribution >= 4 is 23.8 Å². The fourth-order valence-electron chi connectivity index (χ4n) is 1.79. The first kappa shape index (κ1) is 20.8. The SMILES string of the molecule is C[C@H](NC(=O)[C@H](C)NC(C)(C)C)C(=O)N[C@@H](CC(=O)O)C(=O)O. The summed E-state index contributed by atoms with van der Waals surface area (Å²) in [6.07, 6.45) is -0.746. The molecule has 0 aromatic rings. The Bertz CT molecular complexity index is 472. The van der Waals surface area contributed by atoms with Crippen LogP contribution in [0.5, 0.6) is 0 Å². The lowest BCUT2D eigenvalue weighted by Crippen LogP contribution is -2.55. The molecule has 0 unspecified atom stereocenters. The Morgan fingerprint density at radius 1 is 0.913 bits per heavy atom. The van der Waals surface area contributed by atoms with Crippen molar-refractivity contribution in [2.24, 2.45) is 0 Å². The smallest absolute Gasteiger partial charge is 0.326 e. The number of carbonyl (C=O) groups excluding carboxylic acids is 2. The van der Waals surface area contributed by atoms with Crippen molar-refractivity contribution in [3.63, 3.8) is 0 Å². The molecule has 132 valence electrons. The Labute approximate surface area is 134 Å². The molecule has 0 aliphatic rings. The van der Waals surface area contributed by atoms with Crippen molar-refractivity contribution in [3.05, 3.63) is 0 Å². The maximum absolute atomic E-state index is 12.0. The summed E-state index contributed by atoms with van der Waals surface area (Å²) in [4.78, 5) is 45.3. The Hall–Kier alpha value is -2.16. The van der Waals surface area contributed by atoms with Gasteiger partial charge in [-0.1, -0.05) is 0 Å². The van der Waals surface area contributed by atoms with Crippen LogP contribution >= 0.6 is 0 Å². The Morgan fingerprint density at radius 3 is 1.78 bits per heavy atom. The highest BCUT2D eigenvalue weighted by Crippen LogP contribution is 2.01. The van der Waals surface area contributed by atoms with Crippen LogP contribution in [0.4, 0.5) is 0 Å². The molecule has 0 aromatic heterocycles. The second-order valence-electron chi connectivity index (χ2n) is 6.34. The first-order chi connectivity index (χ1) is 10.3. The van der Waals surface area contributed by atoms with Gasteiger partial charge < -0.3 is 26.2 Å². The van der Waals surface area contributed by atoms with E-state index in [-0.39, 0.29) is 5.54 Å². The molecule has 0 heterocycles. The summed E-state index contributed by atoms with van der Waals surface area (Å²) in [5.74, 6) is -4.00. The zero-order valence-electron chi connectivity index (χ0n) is 14.0. The maximum Gasteiger partial charge on any atom is 0.326 e. The molecule has 0 aliphatic carbocycles. The molecule has 0 aromatic carbocycles. The molecule has 9 nitrogen and oxygen atoms in total. The van der Waals surface area contributed by atoms with E-state index in [1.807, 2.05) is 20.8 Å². The van der Waals surface area contributed by atoms with E-state index in [1.165, 1.54) is 6.92 Å². The number of carboxylic acids is 2. The van der Waals surface area contributed by atoms with E-state index < -0.39 is 48.3 Å². The summed E-state index contributed by atoms with van der Waals surface area (Å²) < 4.78 is 0. The molecule has 0 aliphatic heterocycles. The fourth-order valence-corrected chi connectivity index (χ4v) is 1.79. The van der Waals surface area contributed by atoms with Crippen LogP contribution in [0.25, 0.3) is 0 Å². The summed E-state index contributed by atoms with van der Waals surface area (Å²) in [5, 5.41) is 25.1. The van der Waals surface area contributed by atoms with Crippen LogP contribution < -0.4 is 16.0 Å². The third-order valence-electron chi connectivity index (χ3n) is 2.79. The lowest BCUT2D eigenvalue weighted by Gasteiger charge is -2.26. The van der Waals surface area contributed by atoms with Gasteiger partial charge in [0, 0.05) is 5.54 Å². The summed E-state index contributed by atoms with van der Waals surface area (Å²) in [6.45, 7) is 8.68. The molecule has 3 atom stereocenters. The quantitative estimate of drug-likeness (QED) is 0.396. The van der Waals surface area contributed by atoms with E-state index in [0.717, 1.165) is 0 Å². The molecule has 2 amide bonds. The summed E-state index contributed by atoms with van der Waals surface area (Å²) >= 11 is 0. The van der Waals surface area contributed by atoms with Gasteiger partial charge in [0.25, 0.3) is 0 Å². The normalized spacial score (nSPS) is 15.2. The van der Waals surface area contributed by atoms with Crippen LogP contribution in [-0.4, -0.2) is 57.6 Å². The second kappa shape index (κ2) is 8.47. The number of nitrogens with one attached hydrogen (secondary N) is 3. The zero-order valence-corrected chi connectivity index (χ0v) is 14.0. The third kappa shape index (κ3) is 8.77. The van der Waals surface area contributed by atoms with Gasteiger partial charge in [-0.25, -0.2) is 4.79 Å². The lowest BCUT2D eigenvalue weighted by molar-refractivity contribution is -0.147. The third-order valence-corrected chi connectivity index (χ3v) is 2.79. The van der Waals surface area contributed by atoms with Gasteiger partial charge in [0.05, 0.1) is 12.5 Å². The lowest BCUT2D eigenvalue weighted by atomic mass is 10.1. The van der Waals surface area contributed by atoms with E-state index in [0.29, 0.717) is 0 Å². The van der Waals surface area contributed by atoms with Crippen molar-refractivity contribution in [2.45, 2.75) is 64.7 Å². The van der Waals surface area contributed by atoms with Crippen LogP contribution in [0.3, 0.4) is 0 Å². The Balaban J connectivity index is 4.62. The van der Waals surface area contributed by atoms with Gasteiger partial charge in [0.15, 0.2) is 0 Å². The highest BCUT2D eigenvalue weighted by atomic mass is 16.4. The van der Waals surface area contributed by atoms with Crippen LogP contribution in [0, 0.1) is 0 Å². The van der Waals surface area contributed by atoms with Crippen molar-refractivity contribution < 1.29 is 29.4 Å². The maximum atomic E-state index is 12.0. The molecule has 0 radical (unpaired) electrons. The largest absolute Gasteiger partial charge is 0.481 e. The van der Waals surface area contributed by atoms with Gasteiger partial charge in [-0.15, -0.1) is 0 Å². The van der Waals surface area contributed by atoms with Crippen molar-refractivity contribution in [2.75, 3.05) is 0 Å². The van der Waals surface area contributed by atoms with Crippen molar-refractivity contribution in [1.29, 1.82) is 0 Å². The first-order valence-electron chi connectivity index (χ1n) is 7.16. The van der Waals surface area contributed by atoms with Crippen molar-refractivity contribution in [3.8, 4) is 0 Å². The van der Waals surface area contributed by atoms with Gasteiger partial charge in [0.2, 0.25) is 11.8 Å². The molecule has 0 saturated heterocycles. The summed E-state index contributed by atoms with van der Waals surface area (Å²) in [7, 11) is 0. The number of hydrogen-bond acceptors (Lipinski definition) is 5. The molecule has 0 bridgehead atoms. The predicted molar refractivity (Wildman–Crippen MR) is 81.8 cm³/mol. The second-order valence-corrected chi connectivity index (χ2v) is 6.34. The zero-order chi connectivity index (χ0) is 18.4. The number of carboxylic acid groups (broad SMARTS) is 2. The first-order valence-corrected chi connectivity index (χ1v) is 7.16. The number of aliphatic carboxylic acids is 2. The molecular weight excluding hydrogens is 306 g/mol. The van der Waals surface area contributed by atoms with Crippen LogP contribution in [0.2, 0.25) is 0 Å². The average Bonchev–Trinajstić information content (AvgIpc) is 2.34. The Morgan fingerprint density at radius 2 is 1.39 bits per heavy atom. The van der Waals surface area contributed by atoms with Crippen LogP contribution in [0.1, 0.15) is 41.0 Å². The Kier molecular flexibility index (Phi) is 7.67. The van der Waals surface area contributed by atoms with Gasteiger partial charge in [0.1, 0.15) is 12.1 Å². The summed E-state index contributed by atoms with van der Waals surface area (Å²) in [6, 6.07) is -3.11. The molecule has 23 heavy (non-hydrogen) atoms. The fraction of sp³-hybridized carbons (Fsp3) is 0.714. The minimum absolute atomic E-state index is 0.294. The minimum Gasteiger partial charge on any atom is -0.481 e. The molecule has 9 heteroatoms. The van der Waals surface area contributed by atoms with Crippen LogP contribution in [0.15, 0.2) is 0 Å².